The molecule has 0 unspecified atom stereocenters. The molecule has 13 heavy (non-hydrogen) atoms. The first kappa shape index (κ1) is 9.20. The SMILES string of the molecule is CC1(C)CC[C@]2(CCCC2=O)OC1. The Labute approximate surface area is 79.7 Å². The Morgan fingerprint density at radius 1 is 1.23 bits per heavy atom. The van der Waals surface area contributed by atoms with Crippen LogP contribution >= 0.6 is 0 Å². The first-order valence-corrected chi connectivity index (χ1v) is 5.21. The first-order chi connectivity index (χ1) is 6.04. The van der Waals surface area contributed by atoms with Gasteiger partial charge in [-0.15, -0.1) is 0 Å². The van der Waals surface area contributed by atoms with E-state index < -0.39 is 0 Å². The number of ketones is 1. The van der Waals surface area contributed by atoms with E-state index in [2.05, 4.69) is 13.8 Å². The fraction of sp³-hybridized carbons (Fsp3) is 0.909. The lowest BCUT2D eigenvalue weighted by Gasteiger charge is -2.40. The van der Waals surface area contributed by atoms with Gasteiger partial charge in [0, 0.05) is 6.42 Å². The van der Waals surface area contributed by atoms with Gasteiger partial charge >= 0.3 is 0 Å². The second-order valence-corrected chi connectivity index (χ2v) is 5.22. The summed E-state index contributed by atoms with van der Waals surface area (Å²) in [6.45, 7) is 5.16. The zero-order chi connectivity index (χ0) is 9.53. The Kier molecular flexibility index (Phi) is 1.99. The Balaban J connectivity index is 2.08. The zero-order valence-corrected chi connectivity index (χ0v) is 8.56. The standard InChI is InChI=1S/C11H18O2/c1-10(2)6-7-11(13-8-10)5-3-4-9(11)12/h3-8H2,1-2H3/t11-/m0/s1. The van der Waals surface area contributed by atoms with Crippen LogP contribution in [0.5, 0.6) is 0 Å². The van der Waals surface area contributed by atoms with Crippen LogP contribution < -0.4 is 0 Å². The van der Waals surface area contributed by atoms with Crippen LogP contribution in [-0.4, -0.2) is 18.0 Å². The molecule has 0 amide bonds. The van der Waals surface area contributed by atoms with Crippen molar-refractivity contribution in [2.24, 2.45) is 5.41 Å². The van der Waals surface area contributed by atoms with Gasteiger partial charge in [0.2, 0.25) is 0 Å². The van der Waals surface area contributed by atoms with Gasteiger partial charge in [-0.1, -0.05) is 13.8 Å². The minimum atomic E-state index is -0.352. The third-order valence-corrected chi connectivity index (χ3v) is 3.44. The van der Waals surface area contributed by atoms with E-state index in [0.29, 0.717) is 5.78 Å². The van der Waals surface area contributed by atoms with Crippen LogP contribution in [0.3, 0.4) is 0 Å². The van der Waals surface area contributed by atoms with E-state index in [-0.39, 0.29) is 11.0 Å². The second-order valence-electron chi connectivity index (χ2n) is 5.22. The molecule has 2 heteroatoms. The number of carbonyl (C=O) groups excluding carboxylic acids is 1. The molecule has 1 heterocycles. The lowest BCUT2D eigenvalue weighted by Crippen LogP contribution is -2.45. The Bertz CT molecular complexity index is 220. The summed E-state index contributed by atoms with van der Waals surface area (Å²) < 4.78 is 5.80. The normalized spacial score (nSPS) is 38.5. The second kappa shape index (κ2) is 2.81. The number of ether oxygens (including phenoxy) is 1. The van der Waals surface area contributed by atoms with Crippen LogP contribution in [0.4, 0.5) is 0 Å². The van der Waals surface area contributed by atoms with E-state index in [9.17, 15) is 4.79 Å². The summed E-state index contributed by atoms with van der Waals surface area (Å²) in [5.74, 6) is 0.350. The minimum Gasteiger partial charge on any atom is -0.367 e. The summed E-state index contributed by atoms with van der Waals surface area (Å²) in [6, 6.07) is 0. The van der Waals surface area contributed by atoms with E-state index in [0.717, 1.165) is 38.7 Å². The molecule has 1 atom stereocenters. The molecule has 0 aromatic heterocycles. The zero-order valence-electron chi connectivity index (χ0n) is 8.56. The Hall–Kier alpha value is -0.370. The van der Waals surface area contributed by atoms with Crippen LogP contribution in [0.15, 0.2) is 0 Å². The average Bonchev–Trinajstić information content (AvgIpc) is 2.41. The van der Waals surface area contributed by atoms with Crippen molar-refractivity contribution in [2.75, 3.05) is 6.61 Å². The number of Topliss-reactive ketones (excluding diaryl/α,β-unsaturated/α-hetero) is 1. The van der Waals surface area contributed by atoms with Crippen molar-refractivity contribution in [2.45, 2.75) is 51.6 Å². The largest absolute Gasteiger partial charge is 0.367 e. The lowest BCUT2D eigenvalue weighted by molar-refractivity contribution is -0.156. The highest BCUT2D eigenvalue weighted by Gasteiger charge is 2.47. The summed E-state index contributed by atoms with van der Waals surface area (Å²) in [5, 5.41) is 0. The van der Waals surface area contributed by atoms with Crippen molar-refractivity contribution >= 4 is 5.78 Å². The highest BCUT2D eigenvalue weighted by atomic mass is 16.5. The van der Waals surface area contributed by atoms with E-state index >= 15 is 0 Å². The number of rotatable bonds is 0. The molecule has 0 aromatic rings. The molecule has 2 rings (SSSR count). The molecule has 2 fully saturated rings. The van der Waals surface area contributed by atoms with Crippen LogP contribution in [-0.2, 0) is 9.53 Å². The van der Waals surface area contributed by atoms with Gasteiger partial charge in [-0.2, -0.15) is 0 Å². The molecule has 2 nitrogen and oxygen atoms in total. The first-order valence-electron chi connectivity index (χ1n) is 5.21. The summed E-state index contributed by atoms with van der Waals surface area (Å²) in [5.41, 5.74) is -0.0797. The van der Waals surface area contributed by atoms with Crippen molar-refractivity contribution in [3.63, 3.8) is 0 Å². The predicted octanol–water partition coefficient (Wildman–Crippen LogP) is 2.31. The number of carbonyl (C=O) groups is 1. The van der Waals surface area contributed by atoms with Crippen molar-refractivity contribution in [1.29, 1.82) is 0 Å². The van der Waals surface area contributed by atoms with Crippen molar-refractivity contribution in [1.82, 2.24) is 0 Å². The molecule has 1 saturated carbocycles. The molecule has 1 aliphatic carbocycles. The summed E-state index contributed by atoms with van der Waals surface area (Å²) >= 11 is 0. The molecular weight excluding hydrogens is 164 g/mol. The predicted molar refractivity (Wildman–Crippen MR) is 50.6 cm³/mol. The van der Waals surface area contributed by atoms with E-state index in [1.807, 2.05) is 0 Å². The maximum atomic E-state index is 11.6. The van der Waals surface area contributed by atoms with Crippen molar-refractivity contribution in [3.05, 3.63) is 0 Å². The Morgan fingerprint density at radius 2 is 2.00 bits per heavy atom. The van der Waals surface area contributed by atoms with Crippen LogP contribution in [0.1, 0.15) is 46.0 Å². The van der Waals surface area contributed by atoms with Gasteiger partial charge in [0.1, 0.15) is 5.60 Å². The van der Waals surface area contributed by atoms with Gasteiger partial charge < -0.3 is 4.74 Å². The lowest BCUT2D eigenvalue weighted by atomic mass is 9.79. The summed E-state index contributed by atoms with van der Waals surface area (Å²) in [4.78, 5) is 11.6. The fourth-order valence-electron chi connectivity index (χ4n) is 2.34. The molecule has 0 radical (unpaired) electrons. The molecule has 1 aliphatic heterocycles. The molecule has 0 bridgehead atoms. The van der Waals surface area contributed by atoms with E-state index in [1.54, 1.807) is 0 Å². The molecular formula is C11H18O2. The van der Waals surface area contributed by atoms with Crippen molar-refractivity contribution in [3.8, 4) is 0 Å². The average molecular weight is 182 g/mol. The van der Waals surface area contributed by atoms with Crippen molar-refractivity contribution < 1.29 is 9.53 Å². The topological polar surface area (TPSA) is 26.3 Å². The van der Waals surface area contributed by atoms with Gasteiger partial charge in [-0.25, -0.2) is 0 Å². The maximum Gasteiger partial charge on any atom is 0.164 e. The molecule has 0 N–H and O–H groups in total. The third kappa shape index (κ3) is 1.52. The molecule has 0 aromatic carbocycles. The fourth-order valence-corrected chi connectivity index (χ4v) is 2.34. The monoisotopic (exact) mass is 182 g/mol. The highest BCUT2D eigenvalue weighted by molar-refractivity contribution is 5.89. The van der Waals surface area contributed by atoms with Crippen LogP contribution in [0, 0.1) is 5.41 Å². The van der Waals surface area contributed by atoms with Crippen LogP contribution in [0.2, 0.25) is 0 Å². The maximum absolute atomic E-state index is 11.6. The third-order valence-electron chi connectivity index (χ3n) is 3.44. The van der Waals surface area contributed by atoms with Crippen LogP contribution in [0.25, 0.3) is 0 Å². The number of hydrogen-bond acceptors (Lipinski definition) is 2. The molecule has 74 valence electrons. The highest BCUT2D eigenvalue weighted by Crippen LogP contribution is 2.42. The summed E-state index contributed by atoms with van der Waals surface area (Å²) in [6.07, 6.45) is 4.79. The van der Waals surface area contributed by atoms with Gasteiger partial charge in [0.05, 0.1) is 6.61 Å². The molecule has 2 aliphatic rings. The van der Waals surface area contributed by atoms with E-state index in [1.165, 1.54) is 0 Å². The van der Waals surface area contributed by atoms with E-state index in [4.69, 9.17) is 4.74 Å². The van der Waals surface area contributed by atoms with Gasteiger partial charge in [-0.05, 0) is 31.1 Å². The smallest absolute Gasteiger partial charge is 0.164 e. The minimum absolute atomic E-state index is 0.272. The van der Waals surface area contributed by atoms with Gasteiger partial charge in [-0.3, -0.25) is 4.79 Å². The molecule has 1 saturated heterocycles. The van der Waals surface area contributed by atoms with Gasteiger partial charge in [0.25, 0.3) is 0 Å². The Morgan fingerprint density at radius 3 is 2.46 bits per heavy atom. The van der Waals surface area contributed by atoms with Gasteiger partial charge in [0.15, 0.2) is 5.78 Å². The number of hydrogen-bond donors (Lipinski definition) is 0. The quantitative estimate of drug-likeness (QED) is 0.574. The summed E-state index contributed by atoms with van der Waals surface area (Å²) in [7, 11) is 0. The molecule has 1 spiro atoms.